The minimum atomic E-state index is -1.37. The van der Waals surface area contributed by atoms with Gasteiger partial charge in [-0.15, -0.1) is 0 Å². The molecule has 150 valence electrons. The van der Waals surface area contributed by atoms with E-state index < -0.39 is 17.8 Å². The van der Waals surface area contributed by atoms with Gasteiger partial charge in [0.05, 0.1) is 11.7 Å². The molecule has 4 N–H and O–H groups in total. The molecule has 1 fully saturated rings. The zero-order chi connectivity index (χ0) is 20.4. The minimum Gasteiger partial charge on any atom is -0.378 e. The Labute approximate surface area is 166 Å². The number of carbonyl (C=O) groups excluding carboxylic acids is 2. The van der Waals surface area contributed by atoms with Crippen LogP contribution in [0.1, 0.15) is 30.9 Å². The maximum Gasteiger partial charge on any atom is 0.253 e. The van der Waals surface area contributed by atoms with Crippen LogP contribution >= 0.6 is 0 Å². The van der Waals surface area contributed by atoms with Gasteiger partial charge in [0.2, 0.25) is 5.91 Å². The lowest BCUT2D eigenvalue weighted by Gasteiger charge is -2.17. The zero-order valence-electron chi connectivity index (χ0n) is 15.6. The second-order valence-electron chi connectivity index (χ2n) is 7.33. The summed E-state index contributed by atoms with van der Waals surface area (Å²) >= 11 is 0. The number of hydrogen-bond donors (Lipinski definition) is 4. The molecule has 8 heteroatoms. The van der Waals surface area contributed by atoms with E-state index >= 15 is 0 Å². The standard InChI is InChI=1S/C21H21FN4O3/c22-15-4-1-12(2-5-15)19(27)21(29)25-16-6-3-13(9-16)20(28)24-17-7-8-18-14(10-17)11-23-26-18/h1-2,4-5,7-8,10-11,13,16,19,27H,3,6,9H2,(H,23,26)(H,24,28)(H,25,29)/t13-,16-,19?/m0/s1. The van der Waals surface area contributed by atoms with Crippen LogP contribution in [0.3, 0.4) is 0 Å². The van der Waals surface area contributed by atoms with Crippen LogP contribution in [0.15, 0.2) is 48.7 Å². The van der Waals surface area contributed by atoms with Crippen LogP contribution in [0.25, 0.3) is 10.9 Å². The van der Waals surface area contributed by atoms with Gasteiger partial charge in [-0.3, -0.25) is 14.7 Å². The van der Waals surface area contributed by atoms with Crippen molar-refractivity contribution in [2.75, 3.05) is 5.32 Å². The van der Waals surface area contributed by atoms with Crippen LogP contribution in [0.2, 0.25) is 0 Å². The van der Waals surface area contributed by atoms with Crippen molar-refractivity contribution in [2.24, 2.45) is 5.92 Å². The van der Waals surface area contributed by atoms with E-state index in [0.29, 0.717) is 30.5 Å². The Balaban J connectivity index is 1.31. The number of aliphatic hydroxyl groups excluding tert-OH is 1. The van der Waals surface area contributed by atoms with E-state index in [2.05, 4.69) is 20.8 Å². The molecule has 2 amide bonds. The summed E-state index contributed by atoms with van der Waals surface area (Å²) < 4.78 is 13.0. The number of amides is 2. The van der Waals surface area contributed by atoms with E-state index in [1.165, 1.54) is 24.3 Å². The van der Waals surface area contributed by atoms with Crippen molar-refractivity contribution < 1.29 is 19.1 Å². The second kappa shape index (κ2) is 8.00. The van der Waals surface area contributed by atoms with Gasteiger partial charge in [-0.05, 0) is 55.2 Å². The van der Waals surface area contributed by atoms with Crippen LogP contribution < -0.4 is 10.6 Å². The Morgan fingerprint density at radius 1 is 1.17 bits per heavy atom. The lowest BCUT2D eigenvalue weighted by atomic mass is 10.1. The minimum absolute atomic E-state index is 0.0938. The molecule has 1 aliphatic rings. The van der Waals surface area contributed by atoms with Crippen LogP contribution in [0.5, 0.6) is 0 Å². The maximum atomic E-state index is 13.0. The van der Waals surface area contributed by atoms with Gasteiger partial charge >= 0.3 is 0 Å². The molecule has 3 atom stereocenters. The van der Waals surface area contributed by atoms with Crippen LogP contribution in [0, 0.1) is 11.7 Å². The van der Waals surface area contributed by atoms with Gasteiger partial charge in [0, 0.05) is 23.0 Å². The number of H-pyrrole nitrogens is 1. The maximum absolute atomic E-state index is 13.0. The van der Waals surface area contributed by atoms with Crippen LogP contribution in [0.4, 0.5) is 10.1 Å². The highest BCUT2D eigenvalue weighted by molar-refractivity contribution is 5.95. The third-order valence-corrected chi connectivity index (χ3v) is 5.29. The highest BCUT2D eigenvalue weighted by Crippen LogP contribution is 2.28. The van der Waals surface area contributed by atoms with E-state index in [9.17, 15) is 19.1 Å². The molecule has 0 bridgehead atoms. The molecule has 1 saturated carbocycles. The number of fused-ring (bicyclic) bond motifs is 1. The van der Waals surface area contributed by atoms with Gasteiger partial charge in [0.25, 0.3) is 5.91 Å². The monoisotopic (exact) mass is 396 g/mol. The number of carbonyl (C=O) groups is 2. The lowest BCUT2D eigenvalue weighted by Crippen LogP contribution is -2.37. The first-order chi connectivity index (χ1) is 14.0. The predicted octanol–water partition coefficient (Wildman–Crippen LogP) is 2.66. The lowest BCUT2D eigenvalue weighted by molar-refractivity contribution is -0.130. The van der Waals surface area contributed by atoms with Crippen molar-refractivity contribution in [1.29, 1.82) is 0 Å². The molecule has 0 saturated heterocycles. The van der Waals surface area contributed by atoms with E-state index in [0.717, 1.165) is 10.9 Å². The summed E-state index contributed by atoms with van der Waals surface area (Å²) in [6, 6.07) is 10.5. The molecule has 1 aliphatic carbocycles. The average molecular weight is 396 g/mol. The molecule has 1 aromatic heterocycles. The molecular weight excluding hydrogens is 375 g/mol. The molecule has 2 aromatic carbocycles. The Hall–Kier alpha value is -3.26. The van der Waals surface area contributed by atoms with Crippen molar-refractivity contribution in [3.63, 3.8) is 0 Å². The fourth-order valence-corrected chi connectivity index (χ4v) is 3.69. The Morgan fingerprint density at radius 2 is 1.97 bits per heavy atom. The number of benzene rings is 2. The summed E-state index contributed by atoms with van der Waals surface area (Å²) in [6.45, 7) is 0. The molecule has 3 aromatic rings. The number of aromatic nitrogens is 2. The summed E-state index contributed by atoms with van der Waals surface area (Å²) in [6.07, 6.45) is 2.13. The molecule has 0 aliphatic heterocycles. The third-order valence-electron chi connectivity index (χ3n) is 5.29. The Bertz CT molecular complexity index is 1030. The zero-order valence-corrected chi connectivity index (χ0v) is 15.6. The van der Waals surface area contributed by atoms with E-state index in [1.54, 1.807) is 6.20 Å². The average Bonchev–Trinajstić information content (AvgIpc) is 3.37. The van der Waals surface area contributed by atoms with Gasteiger partial charge in [-0.2, -0.15) is 5.10 Å². The summed E-state index contributed by atoms with van der Waals surface area (Å²) in [7, 11) is 0. The van der Waals surface area contributed by atoms with Gasteiger partial charge in [0.1, 0.15) is 5.82 Å². The first kappa shape index (κ1) is 19.1. The Kier molecular flexibility index (Phi) is 5.26. The van der Waals surface area contributed by atoms with Crippen molar-refractivity contribution >= 4 is 28.4 Å². The highest BCUT2D eigenvalue weighted by Gasteiger charge is 2.32. The molecule has 0 radical (unpaired) electrons. The van der Waals surface area contributed by atoms with Crippen molar-refractivity contribution in [1.82, 2.24) is 15.5 Å². The quantitative estimate of drug-likeness (QED) is 0.532. The van der Waals surface area contributed by atoms with Crippen LogP contribution in [-0.2, 0) is 9.59 Å². The van der Waals surface area contributed by atoms with Gasteiger partial charge < -0.3 is 15.7 Å². The number of nitrogens with zero attached hydrogens (tertiary/aromatic N) is 1. The second-order valence-corrected chi connectivity index (χ2v) is 7.33. The van der Waals surface area contributed by atoms with E-state index in [-0.39, 0.29) is 17.9 Å². The number of aliphatic hydroxyl groups is 1. The number of nitrogens with one attached hydrogen (secondary N) is 3. The van der Waals surface area contributed by atoms with Crippen molar-refractivity contribution in [3.05, 3.63) is 60.0 Å². The fraction of sp³-hybridized carbons (Fsp3) is 0.286. The molecule has 0 spiro atoms. The highest BCUT2D eigenvalue weighted by atomic mass is 19.1. The van der Waals surface area contributed by atoms with Gasteiger partial charge in [-0.25, -0.2) is 4.39 Å². The van der Waals surface area contributed by atoms with Crippen molar-refractivity contribution in [2.45, 2.75) is 31.4 Å². The van der Waals surface area contributed by atoms with Gasteiger partial charge in [0.15, 0.2) is 6.10 Å². The molecule has 7 nitrogen and oxygen atoms in total. The number of anilines is 1. The fourth-order valence-electron chi connectivity index (χ4n) is 3.69. The summed E-state index contributed by atoms with van der Waals surface area (Å²) in [5.41, 5.74) is 1.92. The largest absolute Gasteiger partial charge is 0.378 e. The molecule has 1 unspecified atom stereocenters. The molecule has 1 heterocycles. The normalized spacial score (nSPS) is 19.8. The number of aromatic amines is 1. The van der Waals surface area contributed by atoms with E-state index in [1.807, 2.05) is 18.2 Å². The Morgan fingerprint density at radius 3 is 2.76 bits per heavy atom. The number of hydrogen-bond acceptors (Lipinski definition) is 4. The number of rotatable bonds is 5. The van der Waals surface area contributed by atoms with Gasteiger partial charge in [-0.1, -0.05) is 12.1 Å². The third kappa shape index (κ3) is 4.27. The number of halogens is 1. The smallest absolute Gasteiger partial charge is 0.253 e. The predicted molar refractivity (Wildman–Crippen MR) is 105 cm³/mol. The SMILES string of the molecule is O=C(N[C@H]1CC[C@H](C(=O)Nc2ccc3[nH]ncc3c2)C1)C(O)c1ccc(F)cc1. The first-order valence-electron chi connectivity index (χ1n) is 9.47. The summed E-state index contributed by atoms with van der Waals surface area (Å²) in [5.74, 6) is -1.29. The van der Waals surface area contributed by atoms with Crippen LogP contribution in [-0.4, -0.2) is 33.2 Å². The first-order valence-corrected chi connectivity index (χ1v) is 9.47. The molecule has 4 rings (SSSR count). The molecular formula is C21H21FN4O3. The molecule has 29 heavy (non-hydrogen) atoms. The summed E-state index contributed by atoms with van der Waals surface area (Å²) in [5, 5.41) is 23.6. The summed E-state index contributed by atoms with van der Waals surface area (Å²) in [4.78, 5) is 24.9. The van der Waals surface area contributed by atoms with Crippen molar-refractivity contribution in [3.8, 4) is 0 Å². The van der Waals surface area contributed by atoms with E-state index in [4.69, 9.17) is 0 Å². The topological polar surface area (TPSA) is 107 Å².